The predicted molar refractivity (Wildman–Crippen MR) is 82.1 cm³/mol. The molecule has 5 N–H and O–H groups in total. The molecule has 0 aliphatic heterocycles. The molecule has 1 aromatic carbocycles. The number of aliphatic hydroxyl groups is 2. The van der Waals surface area contributed by atoms with Gasteiger partial charge >= 0.3 is 6.09 Å². The van der Waals surface area contributed by atoms with Gasteiger partial charge in [-0.2, -0.15) is 0 Å². The second kappa shape index (κ2) is 7.74. The summed E-state index contributed by atoms with van der Waals surface area (Å²) in [6, 6.07) is 9.22. The minimum absolute atomic E-state index is 0.136. The van der Waals surface area contributed by atoms with E-state index < -0.39 is 18.3 Å². The van der Waals surface area contributed by atoms with Crippen molar-refractivity contribution in [3.05, 3.63) is 47.0 Å². The summed E-state index contributed by atoms with van der Waals surface area (Å²) in [7, 11) is 0. The SMILES string of the molecule is Nc1ncc(C(O)C(O)CNC(=O)OCc2ccccc2)s1. The third kappa shape index (κ3) is 4.69. The van der Waals surface area contributed by atoms with Gasteiger partial charge in [-0.1, -0.05) is 41.7 Å². The first-order valence-electron chi connectivity index (χ1n) is 6.58. The number of nitrogens with zero attached hydrogens (tertiary/aromatic N) is 1. The van der Waals surface area contributed by atoms with Crippen LogP contribution >= 0.6 is 11.3 Å². The van der Waals surface area contributed by atoms with Gasteiger partial charge in [-0.3, -0.25) is 0 Å². The van der Waals surface area contributed by atoms with E-state index in [0.717, 1.165) is 16.9 Å². The molecular formula is C14H17N3O4S. The Morgan fingerprint density at radius 3 is 2.73 bits per heavy atom. The molecule has 0 saturated carbocycles. The van der Waals surface area contributed by atoms with Gasteiger partial charge < -0.3 is 26.0 Å². The molecule has 2 rings (SSSR count). The highest BCUT2D eigenvalue weighted by Crippen LogP contribution is 2.24. The summed E-state index contributed by atoms with van der Waals surface area (Å²) in [5.41, 5.74) is 6.32. The van der Waals surface area contributed by atoms with Gasteiger partial charge in [-0.25, -0.2) is 9.78 Å². The van der Waals surface area contributed by atoms with Crippen molar-refractivity contribution in [2.45, 2.75) is 18.8 Å². The maximum absolute atomic E-state index is 11.5. The molecule has 0 fully saturated rings. The van der Waals surface area contributed by atoms with E-state index >= 15 is 0 Å². The van der Waals surface area contributed by atoms with E-state index in [1.807, 2.05) is 30.3 Å². The number of amides is 1. The molecular weight excluding hydrogens is 306 g/mol. The van der Waals surface area contributed by atoms with E-state index in [4.69, 9.17) is 10.5 Å². The summed E-state index contributed by atoms with van der Waals surface area (Å²) in [6.07, 6.45) is -1.62. The minimum atomic E-state index is -1.18. The Bertz CT molecular complexity index is 605. The van der Waals surface area contributed by atoms with Gasteiger partial charge in [0.05, 0.1) is 4.88 Å². The first-order valence-corrected chi connectivity index (χ1v) is 7.40. The zero-order chi connectivity index (χ0) is 15.9. The Balaban J connectivity index is 1.73. The van der Waals surface area contributed by atoms with E-state index in [-0.39, 0.29) is 13.2 Å². The number of thiazole rings is 1. The maximum Gasteiger partial charge on any atom is 0.407 e. The topological polar surface area (TPSA) is 118 Å². The van der Waals surface area contributed by atoms with Crippen LogP contribution in [0.15, 0.2) is 36.5 Å². The van der Waals surface area contributed by atoms with Crippen LogP contribution < -0.4 is 11.1 Å². The summed E-state index contributed by atoms with van der Waals surface area (Å²) in [6.45, 7) is -0.0106. The Kier molecular flexibility index (Phi) is 5.70. The molecule has 0 aliphatic carbocycles. The first-order chi connectivity index (χ1) is 10.6. The van der Waals surface area contributed by atoms with Crippen LogP contribution in [0, 0.1) is 0 Å². The van der Waals surface area contributed by atoms with Crippen molar-refractivity contribution in [1.29, 1.82) is 0 Å². The summed E-state index contributed by atoms with van der Waals surface area (Å²) in [4.78, 5) is 15.8. The summed E-state index contributed by atoms with van der Waals surface area (Å²) in [5.74, 6) is 0. The largest absolute Gasteiger partial charge is 0.445 e. The van der Waals surface area contributed by atoms with Crippen LogP contribution in [0.1, 0.15) is 16.5 Å². The number of benzene rings is 1. The second-order valence-electron chi connectivity index (χ2n) is 4.56. The van der Waals surface area contributed by atoms with Crippen molar-refractivity contribution in [1.82, 2.24) is 10.3 Å². The number of carbonyl (C=O) groups is 1. The monoisotopic (exact) mass is 323 g/mol. The molecule has 1 heterocycles. The standard InChI is InChI=1S/C14H17N3O4S/c15-13-16-7-11(22-13)12(19)10(18)6-17-14(20)21-8-9-4-2-1-3-5-9/h1-5,7,10,12,18-19H,6,8H2,(H2,15,16)(H,17,20). The molecule has 22 heavy (non-hydrogen) atoms. The number of nitrogens with two attached hydrogens (primary N) is 1. The molecule has 118 valence electrons. The number of aromatic nitrogens is 1. The molecule has 7 nitrogen and oxygen atoms in total. The third-order valence-corrected chi connectivity index (χ3v) is 3.76. The van der Waals surface area contributed by atoms with Crippen LogP contribution in [0.3, 0.4) is 0 Å². The van der Waals surface area contributed by atoms with Gasteiger partial charge in [0.15, 0.2) is 5.13 Å². The third-order valence-electron chi connectivity index (χ3n) is 2.87. The highest BCUT2D eigenvalue weighted by molar-refractivity contribution is 7.15. The van der Waals surface area contributed by atoms with Crippen molar-refractivity contribution in [3.63, 3.8) is 0 Å². The Morgan fingerprint density at radius 1 is 1.36 bits per heavy atom. The minimum Gasteiger partial charge on any atom is -0.445 e. The molecule has 1 aromatic heterocycles. The number of hydrogen-bond donors (Lipinski definition) is 4. The molecule has 0 radical (unpaired) electrons. The number of anilines is 1. The molecule has 0 saturated heterocycles. The van der Waals surface area contributed by atoms with Gasteiger partial charge in [0.25, 0.3) is 0 Å². The van der Waals surface area contributed by atoms with E-state index in [0.29, 0.717) is 10.0 Å². The quantitative estimate of drug-likeness (QED) is 0.631. The van der Waals surface area contributed by atoms with Crippen LogP contribution in [-0.2, 0) is 11.3 Å². The average molecular weight is 323 g/mol. The van der Waals surface area contributed by atoms with Crippen LogP contribution in [0.4, 0.5) is 9.93 Å². The van der Waals surface area contributed by atoms with Crippen LogP contribution in [0.2, 0.25) is 0 Å². The lowest BCUT2D eigenvalue weighted by Gasteiger charge is -2.16. The molecule has 2 aromatic rings. The molecule has 0 aliphatic rings. The molecule has 2 unspecified atom stereocenters. The molecule has 1 amide bonds. The Labute approximate surface area is 131 Å². The number of aliphatic hydroxyl groups excluding tert-OH is 2. The number of nitrogens with one attached hydrogen (secondary N) is 1. The lowest BCUT2D eigenvalue weighted by Crippen LogP contribution is -2.35. The number of nitrogen functional groups attached to an aromatic ring is 1. The maximum atomic E-state index is 11.5. The normalized spacial score (nSPS) is 13.4. The number of carbonyl (C=O) groups excluding carboxylic acids is 1. The van der Waals surface area contributed by atoms with E-state index in [1.165, 1.54) is 6.20 Å². The number of alkyl carbamates (subject to hydrolysis) is 1. The summed E-state index contributed by atoms with van der Waals surface area (Å²) in [5, 5.41) is 22.4. The molecule has 0 spiro atoms. The van der Waals surface area contributed by atoms with Crippen molar-refractivity contribution >= 4 is 22.6 Å². The molecule has 0 bridgehead atoms. The van der Waals surface area contributed by atoms with Crippen molar-refractivity contribution in [2.75, 3.05) is 12.3 Å². The second-order valence-corrected chi connectivity index (χ2v) is 5.65. The number of hydrogen-bond acceptors (Lipinski definition) is 7. The van der Waals surface area contributed by atoms with E-state index in [2.05, 4.69) is 10.3 Å². The molecule has 2 atom stereocenters. The summed E-state index contributed by atoms with van der Waals surface area (Å²) < 4.78 is 5.00. The molecule has 8 heteroatoms. The van der Waals surface area contributed by atoms with E-state index in [9.17, 15) is 15.0 Å². The Hall–Kier alpha value is -2.16. The van der Waals surface area contributed by atoms with Gasteiger partial charge in [0, 0.05) is 12.7 Å². The fourth-order valence-corrected chi connectivity index (χ4v) is 2.43. The smallest absolute Gasteiger partial charge is 0.407 e. The lowest BCUT2D eigenvalue weighted by molar-refractivity contribution is 0.0204. The zero-order valence-corrected chi connectivity index (χ0v) is 12.5. The number of rotatable bonds is 6. The zero-order valence-electron chi connectivity index (χ0n) is 11.7. The summed E-state index contributed by atoms with van der Waals surface area (Å²) >= 11 is 1.08. The first kappa shape index (κ1) is 16.2. The van der Waals surface area contributed by atoms with Gasteiger partial charge in [0.1, 0.15) is 18.8 Å². The highest BCUT2D eigenvalue weighted by Gasteiger charge is 2.21. The van der Waals surface area contributed by atoms with Crippen LogP contribution in [0.25, 0.3) is 0 Å². The van der Waals surface area contributed by atoms with Crippen molar-refractivity contribution in [2.24, 2.45) is 0 Å². The van der Waals surface area contributed by atoms with Crippen LogP contribution in [0.5, 0.6) is 0 Å². The van der Waals surface area contributed by atoms with Gasteiger partial charge in [-0.15, -0.1) is 0 Å². The Morgan fingerprint density at radius 2 is 2.09 bits per heavy atom. The predicted octanol–water partition coefficient (Wildman–Crippen LogP) is 1.05. The van der Waals surface area contributed by atoms with Gasteiger partial charge in [-0.05, 0) is 5.56 Å². The fourth-order valence-electron chi connectivity index (χ4n) is 1.70. The van der Waals surface area contributed by atoms with Crippen LogP contribution in [-0.4, -0.2) is 33.9 Å². The highest BCUT2D eigenvalue weighted by atomic mass is 32.1. The van der Waals surface area contributed by atoms with Crippen molar-refractivity contribution in [3.8, 4) is 0 Å². The van der Waals surface area contributed by atoms with Gasteiger partial charge in [0.2, 0.25) is 0 Å². The van der Waals surface area contributed by atoms with E-state index in [1.54, 1.807) is 0 Å². The fraction of sp³-hybridized carbons (Fsp3) is 0.286. The average Bonchev–Trinajstić information content (AvgIpc) is 2.97. The van der Waals surface area contributed by atoms with Crippen molar-refractivity contribution < 1.29 is 19.7 Å². The number of ether oxygens (including phenoxy) is 1. The lowest BCUT2D eigenvalue weighted by atomic mass is 10.2.